The van der Waals surface area contributed by atoms with Gasteiger partial charge in [-0.2, -0.15) is 0 Å². The molecule has 2 rings (SSSR count). The van der Waals surface area contributed by atoms with E-state index in [4.69, 9.17) is 16.7 Å². The molecule has 1 aliphatic carbocycles. The third-order valence-electron chi connectivity index (χ3n) is 3.91. The summed E-state index contributed by atoms with van der Waals surface area (Å²) in [4.78, 5) is 12.8. The van der Waals surface area contributed by atoms with E-state index in [0.29, 0.717) is 12.1 Å². The van der Waals surface area contributed by atoms with Crippen LogP contribution in [0.5, 0.6) is 0 Å². The number of nitrogens with one attached hydrogen (secondary N) is 1. The summed E-state index contributed by atoms with van der Waals surface area (Å²) in [6, 6.07) is 8.68. The van der Waals surface area contributed by atoms with Crippen molar-refractivity contribution in [2.24, 2.45) is 0 Å². The molecular weight excluding hydrogens is 276 g/mol. The van der Waals surface area contributed by atoms with Crippen LogP contribution in [0, 0.1) is 0 Å². The second-order valence-electron chi connectivity index (χ2n) is 5.25. The van der Waals surface area contributed by atoms with E-state index in [9.17, 15) is 4.79 Å². The number of benzene rings is 1. The zero-order valence-electron chi connectivity index (χ0n) is 11.7. The van der Waals surface area contributed by atoms with Gasteiger partial charge >= 0.3 is 5.97 Å². The van der Waals surface area contributed by atoms with E-state index in [1.165, 1.54) is 0 Å². The van der Waals surface area contributed by atoms with Gasteiger partial charge in [0.05, 0.1) is 6.54 Å². The molecule has 1 aromatic carbocycles. The van der Waals surface area contributed by atoms with E-state index in [1.54, 1.807) is 0 Å². The quantitative estimate of drug-likeness (QED) is 0.811. The van der Waals surface area contributed by atoms with Crippen LogP contribution in [0.2, 0.25) is 5.02 Å². The van der Waals surface area contributed by atoms with Crippen LogP contribution in [0.15, 0.2) is 24.3 Å². The lowest BCUT2D eigenvalue weighted by atomic mass is 9.85. The van der Waals surface area contributed by atoms with Gasteiger partial charge in [0.15, 0.2) is 0 Å². The van der Waals surface area contributed by atoms with Crippen molar-refractivity contribution in [1.82, 2.24) is 10.2 Å². The smallest absolute Gasteiger partial charge is 0.317 e. The fourth-order valence-electron chi connectivity index (χ4n) is 2.62. The molecule has 0 amide bonds. The number of nitrogens with zero attached hydrogens (tertiary/aromatic N) is 1. The number of carboxylic acid groups (broad SMARTS) is 1. The van der Waals surface area contributed by atoms with Gasteiger partial charge in [0.1, 0.15) is 0 Å². The van der Waals surface area contributed by atoms with E-state index >= 15 is 0 Å². The molecule has 0 spiro atoms. The molecule has 0 heterocycles. The highest BCUT2D eigenvalue weighted by atomic mass is 35.5. The minimum absolute atomic E-state index is 0.137. The van der Waals surface area contributed by atoms with Crippen molar-refractivity contribution in [3.8, 4) is 0 Å². The lowest BCUT2D eigenvalue weighted by Gasteiger charge is -2.42. The Balaban J connectivity index is 1.74. The first kappa shape index (κ1) is 15.3. The molecule has 0 aliphatic heterocycles. The van der Waals surface area contributed by atoms with Crippen molar-refractivity contribution >= 4 is 17.6 Å². The van der Waals surface area contributed by atoms with Gasteiger partial charge in [-0.25, -0.2) is 0 Å². The Hall–Kier alpha value is -1.10. The van der Waals surface area contributed by atoms with Gasteiger partial charge in [-0.1, -0.05) is 36.7 Å². The molecule has 0 aromatic heterocycles. The van der Waals surface area contributed by atoms with Crippen LogP contribution in [0.25, 0.3) is 0 Å². The maximum atomic E-state index is 10.8. The Labute approximate surface area is 124 Å². The molecule has 20 heavy (non-hydrogen) atoms. The van der Waals surface area contributed by atoms with Crippen LogP contribution in [0.4, 0.5) is 0 Å². The second kappa shape index (κ2) is 7.07. The molecule has 2 N–H and O–H groups in total. The summed E-state index contributed by atoms with van der Waals surface area (Å²) in [6.45, 7) is 3.70. The highest BCUT2D eigenvalue weighted by Crippen LogP contribution is 2.26. The average molecular weight is 297 g/mol. The second-order valence-corrected chi connectivity index (χ2v) is 5.66. The van der Waals surface area contributed by atoms with Crippen LogP contribution in [0.3, 0.4) is 0 Å². The number of rotatable bonds is 7. The number of halogens is 1. The third-order valence-corrected chi connectivity index (χ3v) is 4.28. The number of likely N-dealkylation sites (N-methyl/N-ethyl adjacent to an activating group) is 1. The average Bonchev–Trinajstić information content (AvgIpc) is 2.37. The van der Waals surface area contributed by atoms with Crippen LogP contribution in [0.1, 0.15) is 25.3 Å². The predicted molar refractivity (Wildman–Crippen MR) is 80.0 cm³/mol. The van der Waals surface area contributed by atoms with Crippen molar-refractivity contribution < 1.29 is 9.90 Å². The van der Waals surface area contributed by atoms with Crippen LogP contribution in [-0.4, -0.2) is 41.1 Å². The molecule has 1 aromatic rings. The summed E-state index contributed by atoms with van der Waals surface area (Å²) in [5.41, 5.74) is 1.11. The van der Waals surface area contributed by atoms with E-state index in [-0.39, 0.29) is 6.54 Å². The van der Waals surface area contributed by atoms with Gasteiger partial charge in [-0.3, -0.25) is 9.69 Å². The zero-order valence-corrected chi connectivity index (χ0v) is 12.4. The van der Waals surface area contributed by atoms with E-state index in [0.717, 1.165) is 36.5 Å². The Bertz CT molecular complexity index is 461. The van der Waals surface area contributed by atoms with Gasteiger partial charge in [0.25, 0.3) is 0 Å². The summed E-state index contributed by atoms with van der Waals surface area (Å²) >= 11 is 6.11. The van der Waals surface area contributed by atoms with Crippen molar-refractivity contribution in [2.45, 2.75) is 38.4 Å². The van der Waals surface area contributed by atoms with Gasteiger partial charge in [0, 0.05) is 23.7 Å². The minimum atomic E-state index is -0.751. The number of hydrogen-bond donors (Lipinski definition) is 2. The SMILES string of the molecule is CCN(CC(=O)O)C1CC(NCc2ccccc2Cl)C1. The lowest BCUT2D eigenvalue weighted by Crippen LogP contribution is -2.53. The predicted octanol–water partition coefficient (Wildman–Crippen LogP) is 2.37. The molecule has 1 aliphatic rings. The highest BCUT2D eigenvalue weighted by molar-refractivity contribution is 6.31. The molecular formula is C15H21ClN2O2. The molecule has 4 nitrogen and oxygen atoms in total. The molecule has 0 bridgehead atoms. The summed E-state index contributed by atoms with van der Waals surface area (Å²) in [7, 11) is 0. The number of carboxylic acids is 1. The Kier molecular flexibility index (Phi) is 5.40. The molecule has 5 heteroatoms. The first-order valence-corrected chi connectivity index (χ1v) is 7.40. The largest absolute Gasteiger partial charge is 0.480 e. The van der Waals surface area contributed by atoms with Crippen molar-refractivity contribution in [3.05, 3.63) is 34.9 Å². The van der Waals surface area contributed by atoms with E-state index < -0.39 is 5.97 Å². The van der Waals surface area contributed by atoms with Crippen molar-refractivity contribution in [2.75, 3.05) is 13.1 Å². The summed E-state index contributed by atoms with van der Waals surface area (Å²) in [6.07, 6.45) is 2.01. The normalized spacial score (nSPS) is 21.8. The summed E-state index contributed by atoms with van der Waals surface area (Å²) < 4.78 is 0. The van der Waals surface area contributed by atoms with Crippen molar-refractivity contribution in [3.63, 3.8) is 0 Å². The van der Waals surface area contributed by atoms with Crippen LogP contribution < -0.4 is 5.32 Å². The van der Waals surface area contributed by atoms with Gasteiger partial charge in [-0.05, 0) is 31.0 Å². The topological polar surface area (TPSA) is 52.6 Å². The van der Waals surface area contributed by atoms with E-state index in [2.05, 4.69) is 5.32 Å². The zero-order chi connectivity index (χ0) is 14.5. The van der Waals surface area contributed by atoms with Gasteiger partial charge in [-0.15, -0.1) is 0 Å². The van der Waals surface area contributed by atoms with Gasteiger partial charge in [0.2, 0.25) is 0 Å². The summed E-state index contributed by atoms with van der Waals surface area (Å²) in [5, 5.41) is 13.1. The maximum absolute atomic E-state index is 10.8. The van der Waals surface area contributed by atoms with Crippen LogP contribution in [-0.2, 0) is 11.3 Å². The third kappa shape index (κ3) is 3.95. The minimum Gasteiger partial charge on any atom is -0.480 e. The monoisotopic (exact) mass is 296 g/mol. The molecule has 110 valence electrons. The first-order chi connectivity index (χ1) is 9.60. The fraction of sp³-hybridized carbons (Fsp3) is 0.533. The molecule has 0 radical (unpaired) electrons. The Morgan fingerprint density at radius 2 is 2.15 bits per heavy atom. The first-order valence-electron chi connectivity index (χ1n) is 7.02. The molecule has 1 saturated carbocycles. The molecule has 0 saturated heterocycles. The van der Waals surface area contributed by atoms with Crippen molar-refractivity contribution in [1.29, 1.82) is 0 Å². The maximum Gasteiger partial charge on any atom is 0.317 e. The number of carbonyl (C=O) groups is 1. The fourth-order valence-corrected chi connectivity index (χ4v) is 2.82. The number of hydrogen-bond acceptors (Lipinski definition) is 3. The standard InChI is InChI=1S/C15H21ClN2O2/c1-2-18(10-15(19)20)13-7-12(8-13)17-9-11-5-3-4-6-14(11)16/h3-6,12-13,17H,2,7-10H2,1H3,(H,19,20). The molecule has 0 unspecified atom stereocenters. The highest BCUT2D eigenvalue weighted by Gasteiger charge is 2.33. The molecule has 0 atom stereocenters. The lowest BCUT2D eigenvalue weighted by molar-refractivity contribution is -0.139. The van der Waals surface area contributed by atoms with Gasteiger partial charge < -0.3 is 10.4 Å². The Morgan fingerprint density at radius 1 is 1.45 bits per heavy atom. The summed E-state index contributed by atoms with van der Waals surface area (Å²) in [5.74, 6) is -0.751. The van der Waals surface area contributed by atoms with Crippen LogP contribution >= 0.6 is 11.6 Å². The number of aliphatic carboxylic acids is 1. The van der Waals surface area contributed by atoms with E-state index in [1.807, 2.05) is 36.1 Å². The Morgan fingerprint density at radius 3 is 2.75 bits per heavy atom. The molecule has 1 fully saturated rings.